The Labute approximate surface area is 73.6 Å². The fourth-order valence-electron chi connectivity index (χ4n) is 2.23. The molecule has 2 rings (SSSR count). The van der Waals surface area contributed by atoms with Crippen molar-refractivity contribution in [1.82, 2.24) is 0 Å². The molecule has 1 aliphatic rings. The Kier molecular flexibility index (Phi) is 1.89. The highest BCUT2D eigenvalue weighted by Crippen LogP contribution is 2.33. The Morgan fingerprint density at radius 2 is 2.17 bits per heavy atom. The highest BCUT2D eigenvalue weighted by atomic mass is 14.7. The van der Waals surface area contributed by atoms with E-state index in [1.165, 1.54) is 11.1 Å². The van der Waals surface area contributed by atoms with Crippen molar-refractivity contribution < 1.29 is 0 Å². The molecule has 64 valence electrons. The Hall–Kier alpha value is -0.820. The molecular weight excluding hydrogens is 146 g/mol. The first-order chi connectivity index (χ1) is 5.83. The molecule has 1 aromatic carbocycles. The van der Waals surface area contributed by atoms with Gasteiger partial charge in [0, 0.05) is 6.04 Å². The minimum absolute atomic E-state index is 0.354. The molecular formula is C11H15N. The van der Waals surface area contributed by atoms with Gasteiger partial charge in [-0.15, -0.1) is 0 Å². The van der Waals surface area contributed by atoms with Crippen LogP contribution in [-0.2, 0) is 6.42 Å². The first-order valence-electron chi connectivity index (χ1n) is 4.66. The van der Waals surface area contributed by atoms with E-state index in [-0.39, 0.29) is 0 Å². The third-order valence-corrected chi connectivity index (χ3v) is 2.87. The van der Waals surface area contributed by atoms with E-state index in [9.17, 15) is 0 Å². The third-order valence-electron chi connectivity index (χ3n) is 2.87. The van der Waals surface area contributed by atoms with Gasteiger partial charge in [-0.25, -0.2) is 0 Å². The molecule has 1 nitrogen and oxygen atoms in total. The van der Waals surface area contributed by atoms with Gasteiger partial charge >= 0.3 is 0 Å². The standard InChI is InChI=1S/C11H15N/c1-2-9-10-6-4-3-5-8(10)7-11(9)12/h3-6,9,11H,2,7,12H2,1H3. The van der Waals surface area contributed by atoms with E-state index in [0.29, 0.717) is 12.0 Å². The van der Waals surface area contributed by atoms with Crippen LogP contribution in [-0.4, -0.2) is 6.04 Å². The largest absolute Gasteiger partial charge is 0.327 e. The molecule has 1 aliphatic carbocycles. The average molecular weight is 161 g/mol. The van der Waals surface area contributed by atoms with E-state index in [1.807, 2.05) is 0 Å². The normalized spacial score (nSPS) is 27.2. The van der Waals surface area contributed by atoms with Crippen LogP contribution in [0.1, 0.15) is 30.4 Å². The van der Waals surface area contributed by atoms with Crippen molar-refractivity contribution in [3.05, 3.63) is 35.4 Å². The van der Waals surface area contributed by atoms with Gasteiger partial charge in [-0.05, 0) is 29.9 Å². The Morgan fingerprint density at radius 3 is 2.92 bits per heavy atom. The SMILES string of the molecule is CCC1c2ccccc2CC1N. The Bertz CT molecular complexity index is 280. The van der Waals surface area contributed by atoms with Crippen LogP contribution in [0.4, 0.5) is 0 Å². The van der Waals surface area contributed by atoms with Crippen LogP contribution >= 0.6 is 0 Å². The average Bonchev–Trinajstić information content (AvgIpc) is 2.40. The fourth-order valence-corrected chi connectivity index (χ4v) is 2.23. The summed E-state index contributed by atoms with van der Waals surface area (Å²) in [4.78, 5) is 0. The predicted octanol–water partition coefficient (Wildman–Crippen LogP) is 2.06. The van der Waals surface area contributed by atoms with Gasteiger partial charge in [0.15, 0.2) is 0 Å². The lowest BCUT2D eigenvalue weighted by atomic mass is 9.96. The predicted molar refractivity (Wildman–Crippen MR) is 51.2 cm³/mol. The minimum Gasteiger partial charge on any atom is -0.327 e. The van der Waals surface area contributed by atoms with E-state index in [4.69, 9.17) is 5.73 Å². The summed E-state index contributed by atoms with van der Waals surface area (Å²) in [6.45, 7) is 2.21. The summed E-state index contributed by atoms with van der Waals surface area (Å²) in [5.41, 5.74) is 8.97. The van der Waals surface area contributed by atoms with Gasteiger partial charge < -0.3 is 5.73 Å². The van der Waals surface area contributed by atoms with Gasteiger partial charge in [0.25, 0.3) is 0 Å². The number of fused-ring (bicyclic) bond motifs is 1. The lowest BCUT2D eigenvalue weighted by Gasteiger charge is -2.13. The fraction of sp³-hybridized carbons (Fsp3) is 0.455. The van der Waals surface area contributed by atoms with Crippen LogP contribution < -0.4 is 5.73 Å². The summed E-state index contributed by atoms with van der Waals surface area (Å²) in [6.07, 6.45) is 2.23. The minimum atomic E-state index is 0.354. The van der Waals surface area contributed by atoms with Crippen LogP contribution in [0.3, 0.4) is 0 Å². The number of benzene rings is 1. The molecule has 0 bridgehead atoms. The zero-order valence-corrected chi connectivity index (χ0v) is 7.46. The zero-order chi connectivity index (χ0) is 8.55. The summed E-state index contributed by atoms with van der Waals surface area (Å²) < 4.78 is 0. The van der Waals surface area contributed by atoms with Gasteiger partial charge in [0.05, 0.1) is 0 Å². The number of hydrogen-bond donors (Lipinski definition) is 1. The van der Waals surface area contributed by atoms with Crippen LogP contribution in [0.15, 0.2) is 24.3 Å². The Morgan fingerprint density at radius 1 is 1.42 bits per heavy atom. The molecule has 0 amide bonds. The van der Waals surface area contributed by atoms with Crippen LogP contribution in [0, 0.1) is 0 Å². The highest BCUT2D eigenvalue weighted by molar-refractivity contribution is 5.37. The molecule has 2 unspecified atom stereocenters. The molecule has 0 radical (unpaired) electrons. The van der Waals surface area contributed by atoms with Gasteiger partial charge in [-0.1, -0.05) is 31.2 Å². The zero-order valence-electron chi connectivity index (χ0n) is 7.46. The second-order valence-corrected chi connectivity index (χ2v) is 3.58. The van der Waals surface area contributed by atoms with Crippen molar-refractivity contribution >= 4 is 0 Å². The van der Waals surface area contributed by atoms with Gasteiger partial charge in [0.2, 0.25) is 0 Å². The molecule has 0 aromatic heterocycles. The first-order valence-corrected chi connectivity index (χ1v) is 4.66. The maximum Gasteiger partial charge on any atom is 0.0149 e. The lowest BCUT2D eigenvalue weighted by molar-refractivity contribution is 0.558. The number of hydrogen-bond acceptors (Lipinski definition) is 1. The molecule has 1 heteroatoms. The summed E-state index contributed by atoms with van der Waals surface area (Å²) in [7, 11) is 0. The van der Waals surface area contributed by atoms with Crippen LogP contribution in [0.5, 0.6) is 0 Å². The first kappa shape index (κ1) is 7.81. The van der Waals surface area contributed by atoms with Crippen LogP contribution in [0.2, 0.25) is 0 Å². The molecule has 0 spiro atoms. The van der Waals surface area contributed by atoms with E-state index in [1.54, 1.807) is 0 Å². The van der Waals surface area contributed by atoms with E-state index in [0.717, 1.165) is 12.8 Å². The second kappa shape index (κ2) is 2.91. The van der Waals surface area contributed by atoms with E-state index < -0.39 is 0 Å². The van der Waals surface area contributed by atoms with Gasteiger partial charge in [-0.2, -0.15) is 0 Å². The summed E-state index contributed by atoms with van der Waals surface area (Å²) in [5, 5.41) is 0. The van der Waals surface area contributed by atoms with Gasteiger partial charge in [0.1, 0.15) is 0 Å². The molecule has 0 saturated heterocycles. The molecule has 2 atom stereocenters. The van der Waals surface area contributed by atoms with Crippen molar-refractivity contribution in [2.24, 2.45) is 5.73 Å². The monoisotopic (exact) mass is 161 g/mol. The molecule has 1 aromatic rings. The quantitative estimate of drug-likeness (QED) is 0.670. The molecule has 2 N–H and O–H groups in total. The van der Waals surface area contributed by atoms with Crippen molar-refractivity contribution in [2.75, 3.05) is 0 Å². The maximum atomic E-state index is 6.04. The van der Waals surface area contributed by atoms with E-state index in [2.05, 4.69) is 31.2 Å². The molecule has 12 heavy (non-hydrogen) atoms. The molecule has 0 aliphatic heterocycles. The van der Waals surface area contributed by atoms with Crippen molar-refractivity contribution in [2.45, 2.75) is 31.7 Å². The summed E-state index contributed by atoms with van der Waals surface area (Å²) >= 11 is 0. The topological polar surface area (TPSA) is 26.0 Å². The number of nitrogens with two attached hydrogens (primary N) is 1. The summed E-state index contributed by atoms with van der Waals surface area (Å²) in [5.74, 6) is 0.598. The maximum absolute atomic E-state index is 6.04. The number of rotatable bonds is 1. The second-order valence-electron chi connectivity index (χ2n) is 3.58. The molecule has 0 saturated carbocycles. The van der Waals surface area contributed by atoms with Gasteiger partial charge in [-0.3, -0.25) is 0 Å². The summed E-state index contributed by atoms with van der Waals surface area (Å²) in [6, 6.07) is 8.98. The smallest absolute Gasteiger partial charge is 0.0149 e. The lowest BCUT2D eigenvalue weighted by Crippen LogP contribution is -2.24. The van der Waals surface area contributed by atoms with Crippen LogP contribution in [0.25, 0.3) is 0 Å². The van der Waals surface area contributed by atoms with Crippen molar-refractivity contribution in [1.29, 1.82) is 0 Å². The Balaban J connectivity index is 2.40. The third kappa shape index (κ3) is 1.05. The molecule has 0 heterocycles. The van der Waals surface area contributed by atoms with Crippen molar-refractivity contribution in [3.63, 3.8) is 0 Å². The van der Waals surface area contributed by atoms with E-state index >= 15 is 0 Å². The highest BCUT2D eigenvalue weighted by Gasteiger charge is 2.27. The molecule has 0 fully saturated rings. The van der Waals surface area contributed by atoms with Crippen molar-refractivity contribution in [3.8, 4) is 0 Å².